The smallest absolute Gasteiger partial charge is 0.220 e. The maximum atomic E-state index is 10.5. The van der Waals surface area contributed by atoms with Crippen LogP contribution in [0.1, 0.15) is 26.2 Å². The van der Waals surface area contributed by atoms with E-state index in [1.54, 1.807) is 0 Å². The minimum atomic E-state index is -0.243. The summed E-state index contributed by atoms with van der Waals surface area (Å²) < 4.78 is 0. The summed E-state index contributed by atoms with van der Waals surface area (Å²) in [6.07, 6.45) is 2.61. The van der Waals surface area contributed by atoms with Crippen LogP contribution in [0.2, 0.25) is 0 Å². The number of hydrogen-bond acceptors (Lipinski definition) is 3. The van der Waals surface area contributed by atoms with Crippen LogP contribution in [-0.4, -0.2) is 12.5 Å². The molecule has 0 saturated carbocycles. The Morgan fingerprint density at radius 3 is 2.73 bits per heavy atom. The van der Waals surface area contributed by atoms with E-state index in [4.69, 9.17) is 11.3 Å². The van der Waals surface area contributed by atoms with E-state index in [-0.39, 0.29) is 11.8 Å². The normalized spacial score (nSPS) is 12.5. The molecule has 11 heavy (non-hydrogen) atoms. The quantitative estimate of drug-likeness (QED) is 0.442. The summed E-state index contributed by atoms with van der Waals surface area (Å²) in [6, 6.07) is 0. The predicted molar refractivity (Wildman–Crippen MR) is 42.2 cm³/mol. The summed E-state index contributed by atoms with van der Waals surface area (Å²) >= 11 is 0. The molecule has 1 unspecified atom stereocenters. The zero-order valence-corrected chi connectivity index (χ0v) is 6.84. The number of amides is 1. The van der Waals surface area contributed by atoms with Crippen molar-refractivity contribution in [2.45, 2.75) is 26.2 Å². The number of nitrogens with two attached hydrogens (primary N) is 1. The number of rotatable bonds is 6. The van der Waals surface area contributed by atoms with Crippen molar-refractivity contribution in [3.8, 4) is 0 Å². The molecule has 0 aliphatic carbocycles. The zero-order valence-electron chi connectivity index (χ0n) is 6.84. The van der Waals surface area contributed by atoms with Gasteiger partial charge in [0, 0.05) is 5.92 Å². The van der Waals surface area contributed by atoms with Crippen LogP contribution in [0.25, 0.3) is 0 Å². The Bertz CT molecular complexity index is 136. The molecule has 0 bridgehead atoms. The lowest BCUT2D eigenvalue weighted by Crippen LogP contribution is -2.20. The van der Waals surface area contributed by atoms with E-state index in [0.717, 1.165) is 19.3 Å². The van der Waals surface area contributed by atoms with Gasteiger partial charge in [0.05, 0.1) is 6.54 Å². The highest BCUT2D eigenvalue weighted by Crippen LogP contribution is 2.06. The van der Waals surface area contributed by atoms with E-state index in [9.17, 15) is 4.79 Å². The SMILES string of the molecule is CC(CCCCN=N)C(N)=O. The summed E-state index contributed by atoms with van der Waals surface area (Å²) in [5.41, 5.74) is 11.6. The van der Waals surface area contributed by atoms with Gasteiger partial charge in [0.15, 0.2) is 0 Å². The number of unbranched alkanes of at least 4 members (excludes halogenated alkanes) is 1. The highest BCUT2D eigenvalue weighted by atomic mass is 16.1. The molecule has 1 amide bonds. The first kappa shape index (κ1) is 10.1. The third-order valence-corrected chi connectivity index (χ3v) is 1.64. The molecule has 1 atom stereocenters. The third-order valence-electron chi connectivity index (χ3n) is 1.64. The molecule has 0 aliphatic rings. The van der Waals surface area contributed by atoms with Gasteiger partial charge in [0.1, 0.15) is 0 Å². The summed E-state index contributed by atoms with van der Waals surface area (Å²) in [4.78, 5) is 10.5. The highest BCUT2D eigenvalue weighted by molar-refractivity contribution is 5.76. The Balaban J connectivity index is 3.24. The summed E-state index contributed by atoms with van der Waals surface area (Å²) in [6.45, 7) is 2.38. The van der Waals surface area contributed by atoms with Crippen LogP contribution in [0.5, 0.6) is 0 Å². The molecule has 3 N–H and O–H groups in total. The summed E-state index contributed by atoms with van der Waals surface area (Å²) in [7, 11) is 0. The van der Waals surface area contributed by atoms with Crippen LogP contribution in [-0.2, 0) is 4.79 Å². The number of primary amides is 1. The fraction of sp³-hybridized carbons (Fsp3) is 0.857. The van der Waals surface area contributed by atoms with Gasteiger partial charge in [-0.15, -0.1) is 0 Å². The van der Waals surface area contributed by atoms with Crippen molar-refractivity contribution >= 4 is 5.91 Å². The number of nitrogens with one attached hydrogen (secondary N) is 1. The fourth-order valence-electron chi connectivity index (χ4n) is 0.784. The molecule has 0 spiro atoms. The molecule has 0 heterocycles. The minimum Gasteiger partial charge on any atom is -0.369 e. The molecule has 0 aromatic rings. The van der Waals surface area contributed by atoms with Crippen LogP contribution < -0.4 is 5.73 Å². The lowest BCUT2D eigenvalue weighted by atomic mass is 10.0. The van der Waals surface area contributed by atoms with E-state index in [0.29, 0.717) is 6.54 Å². The van der Waals surface area contributed by atoms with Gasteiger partial charge >= 0.3 is 0 Å². The van der Waals surface area contributed by atoms with Gasteiger partial charge < -0.3 is 5.73 Å². The van der Waals surface area contributed by atoms with Gasteiger partial charge in [-0.05, 0) is 12.8 Å². The number of nitrogens with zero attached hydrogens (tertiary/aromatic N) is 1. The van der Waals surface area contributed by atoms with Crippen molar-refractivity contribution in [1.29, 1.82) is 5.53 Å². The molecular weight excluding hydrogens is 142 g/mol. The van der Waals surface area contributed by atoms with Crippen molar-refractivity contribution in [2.24, 2.45) is 16.8 Å². The fourth-order valence-corrected chi connectivity index (χ4v) is 0.784. The molecule has 4 nitrogen and oxygen atoms in total. The standard InChI is InChI=1S/C7H15N3O/c1-6(7(8)11)4-2-3-5-10-9/h6,9H,2-5H2,1H3,(H2,8,11). The van der Waals surface area contributed by atoms with Gasteiger partial charge in [-0.25, -0.2) is 5.53 Å². The van der Waals surface area contributed by atoms with Gasteiger partial charge in [-0.3, -0.25) is 4.79 Å². The second kappa shape index (κ2) is 5.82. The van der Waals surface area contributed by atoms with E-state index in [1.807, 2.05) is 6.92 Å². The lowest BCUT2D eigenvalue weighted by Gasteiger charge is -2.04. The number of carbonyl (C=O) groups excluding carboxylic acids is 1. The van der Waals surface area contributed by atoms with Gasteiger partial charge in [0.25, 0.3) is 0 Å². The molecule has 0 saturated heterocycles. The Labute approximate surface area is 66.7 Å². The second-order valence-corrected chi connectivity index (χ2v) is 2.68. The molecule has 0 aliphatic heterocycles. The van der Waals surface area contributed by atoms with E-state index >= 15 is 0 Å². The van der Waals surface area contributed by atoms with Crippen molar-refractivity contribution in [1.82, 2.24) is 0 Å². The monoisotopic (exact) mass is 157 g/mol. The molecule has 4 heteroatoms. The lowest BCUT2D eigenvalue weighted by molar-refractivity contribution is -0.121. The Morgan fingerprint density at radius 1 is 1.64 bits per heavy atom. The molecule has 0 aromatic heterocycles. The first-order chi connectivity index (χ1) is 5.18. The van der Waals surface area contributed by atoms with Gasteiger partial charge in [-0.2, -0.15) is 5.11 Å². The van der Waals surface area contributed by atoms with Crippen molar-refractivity contribution in [3.05, 3.63) is 0 Å². The average molecular weight is 157 g/mol. The highest BCUT2D eigenvalue weighted by Gasteiger charge is 2.06. The Kier molecular flexibility index (Phi) is 5.33. The third kappa shape index (κ3) is 5.51. The molecule has 0 radical (unpaired) electrons. The maximum Gasteiger partial charge on any atom is 0.220 e. The maximum absolute atomic E-state index is 10.5. The Morgan fingerprint density at radius 2 is 2.27 bits per heavy atom. The summed E-state index contributed by atoms with van der Waals surface area (Å²) in [5.74, 6) is -0.284. The molecule has 0 fully saturated rings. The topological polar surface area (TPSA) is 79.3 Å². The van der Waals surface area contributed by atoms with E-state index in [1.165, 1.54) is 0 Å². The molecule has 0 rings (SSSR count). The predicted octanol–water partition coefficient (Wildman–Crippen LogP) is 1.31. The first-order valence-electron chi connectivity index (χ1n) is 3.81. The molecule has 0 aromatic carbocycles. The van der Waals surface area contributed by atoms with Crippen LogP contribution in [0.15, 0.2) is 5.11 Å². The van der Waals surface area contributed by atoms with Crippen LogP contribution in [0.4, 0.5) is 0 Å². The van der Waals surface area contributed by atoms with E-state index in [2.05, 4.69) is 5.11 Å². The average Bonchev–Trinajstić information content (AvgIpc) is 1.97. The van der Waals surface area contributed by atoms with Crippen LogP contribution in [0, 0.1) is 11.4 Å². The molecule has 64 valence electrons. The second-order valence-electron chi connectivity index (χ2n) is 2.68. The molecular formula is C7H15N3O. The number of carbonyl (C=O) groups is 1. The van der Waals surface area contributed by atoms with Gasteiger partial charge in [0.2, 0.25) is 5.91 Å². The number of hydrogen-bond donors (Lipinski definition) is 2. The van der Waals surface area contributed by atoms with Crippen LogP contribution in [0.3, 0.4) is 0 Å². The Hall–Kier alpha value is -0.930. The minimum absolute atomic E-state index is 0.0410. The zero-order chi connectivity index (χ0) is 8.69. The van der Waals surface area contributed by atoms with Crippen molar-refractivity contribution in [3.63, 3.8) is 0 Å². The van der Waals surface area contributed by atoms with Crippen molar-refractivity contribution < 1.29 is 4.79 Å². The van der Waals surface area contributed by atoms with Crippen molar-refractivity contribution in [2.75, 3.05) is 6.54 Å². The van der Waals surface area contributed by atoms with Crippen LogP contribution >= 0.6 is 0 Å². The van der Waals surface area contributed by atoms with E-state index < -0.39 is 0 Å². The largest absolute Gasteiger partial charge is 0.369 e. The summed E-state index contributed by atoms with van der Waals surface area (Å²) in [5, 5.41) is 3.21. The van der Waals surface area contributed by atoms with Gasteiger partial charge in [-0.1, -0.05) is 13.3 Å². The first-order valence-corrected chi connectivity index (χ1v) is 3.81.